The molecular formula is C11H18N2O3. The molecule has 0 amide bonds. The van der Waals surface area contributed by atoms with Crippen LogP contribution in [0.4, 0.5) is 0 Å². The van der Waals surface area contributed by atoms with Gasteiger partial charge in [0, 0.05) is 31.9 Å². The van der Waals surface area contributed by atoms with Gasteiger partial charge < -0.3 is 15.2 Å². The van der Waals surface area contributed by atoms with Crippen LogP contribution in [-0.4, -0.2) is 45.8 Å². The van der Waals surface area contributed by atoms with Crippen molar-refractivity contribution in [1.82, 2.24) is 9.88 Å². The van der Waals surface area contributed by atoms with Crippen LogP contribution >= 0.6 is 0 Å². The molecule has 0 bridgehead atoms. The third kappa shape index (κ3) is 4.95. The Hall–Kier alpha value is -1.33. The lowest BCUT2D eigenvalue weighted by molar-refractivity contribution is -0.137. The molecule has 0 saturated heterocycles. The third-order valence-electron chi connectivity index (χ3n) is 2.33. The number of aliphatic carboxylic acids is 1. The second-order valence-electron chi connectivity index (χ2n) is 4.00. The van der Waals surface area contributed by atoms with E-state index in [2.05, 4.69) is 4.98 Å². The number of aromatic amines is 1. The van der Waals surface area contributed by atoms with Gasteiger partial charge in [0.15, 0.2) is 0 Å². The van der Waals surface area contributed by atoms with E-state index in [1.54, 1.807) is 0 Å². The van der Waals surface area contributed by atoms with Crippen LogP contribution in [0, 0.1) is 0 Å². The number of hydrogen-bond donors (Lipinski definition) is 3. The molecule has 0 spiro atoms. The number of nitrogens with zero attached hydrogens (tertiary/aromatic N) is 1. The van der Waals surface area contributed by atoms with Crippen molar-refractivity contribution in [3.8, 4) is 0 Å². The molecule has 5 nitrogen and oxygen atoms in total. The van der Waals surface area contributed by atoms with Crippen LogP contribution in [0.1, 0.15) is 18.4 Å². The second-order valence-corrected chi connectivity index (χ2v) is 4.00. The summed E-state index contributed by atoms with van der Waals surface area (Å²) < 4.78 is 0. The summed E-state index contributed by atoms with van der Waals surface area (Å²) in [5.41, 5.74) is 1.15. The average Bonchev–Trinajstić information content (AvgIpc) is 2.67. The van der Waals surface area contributed by atoms with Crippen LogP contribution < -0.4 is 0 Å². The van der Waals surface area contributed by atoms with E-state index in [9.17, 15) is 9.90 Å². The van der Waals surface area contributed by atoms with Gasteiger partial charge >= 0.3 is 5.97 Å². The van der Waals surface area contributed by atoms with Gasteiger partial charge in [0.05, 0.1) is 6.10 Å². The van der Waals surface area contributed by atoms with Crippen molar-refractivity contribution in [3.05, 3.63) is 24.0 Å². The van der Waals surface area contributed by atoms with E-state index in [0.29, 0.717) is 13.0 Å². The molecule has 1 aromatic heterocycles. The van der Waals surface area contributed by atoms with E-state index in [-0.39, 0.29) is 6.42 Å². The third-order valence-corrected chi connectivity index (χ3v) is 2.33. The Morgan fingerprint density at radius 1 is 1.62 bits per heavy atom. The van der Waals surface area contributed by atoms with E-state index >= 15 is 0 Å². The van der Waals surface area contributed by atoms with Crippen LogP contribution in [0.25, 0.3) is 0 Å². The Kier molecular flexibility index (Phi) is 5.01. The van der Waals surface area contributed by atoms with Gasteiger partial charge in [0.2, 0.25) is 0 Å². The largest absolute Gasteiger partial charge is 0.481 e. The lowest BCUT2D eigenvalue weighted by Crippen LogP contribution is -2.29. The summed E-state index contributed by atoms with van der Waals surface area (Å²) >= 11 is 0. The maximum Gasteiger partial charge on any atom is 0.303 e. The summed E-state index contributed by atoms with van der Waals surface area (Å²) in [6.45, 7) is 1.23. The van der Waals surface area contributed by atoms with Gasteiger partial charge in [-0.3, -0.25) is 9.69 Å². The highest BCUT2D eigenvalue weighted by Gasteiger charge is 2.10. The van der Waals surface area contributed by atoms with Gasteiger partial charge in [0.1, 0.15) is 0 Å². The molecule has 0 aromatic carbocycles. The first-order valence-electron chi connectivity index (χ1n) is 5.28. The van der Waals surface area contributed by atoms with Crippen molar-refractivity contribution < 1.29 is 15.0 Å². The molecule has 1 unspecified atom stereocenters. The van der Waals surface area contributed by atoms with Crippen LogP contribution in [0.3, 0.4) is 0 Å². The maximum absolute atomic E-state index is 10.3. The number of rotatable bonds is 7. The van der Waals surface area contributed by atoms with Crippen molar-refractivity contribution in [2.45, 2.75) is 25.5 Å². The Balaban J connectivity index is 2.22. The molecule has 0 fully saturated rings. The zero-order valence-corrected chi connectivity index (χ0v) is 9.39. The molecule has 16 heavy (non-hydrogen) atoms. The fourth-order valence-electron chi connectivity index (χ4n) is 1.57. The van der Waals surface area contributed by atoms with Crippen LogP contribution in [0.5, 0.6) is 0 Å². The molecule has 1 aromatic rings. The van der Waals surface area contributed by atoms with E-state index < -0.39 is 12.1 Å². The van der Waals surface area contributed by atoms with E-state index in [1.807, 2.05) is 30.4 Å². The lowest BCUT2D eigenvalue weighted by atomic mass is 10.2. The monoisotopic (exact) mass is 226 g/mol. The Morgan fingerprint density at radius 2 is 2.38 bits per heavy atom. The first-order valence-corrected chi connectivity index (χ1v) is 5.28. The predicted octanol–water partition coefficient (Wildman–Crippen LogP) is 0.672. The van der Waals surface area contributed by atoms with Gasteiger partial charge in [-0.1, -0.05) is 0 Å². The highest BCUT2D eigenvalue weighted by Crippen LogP contribution is 2.04. The zero-order valence-electron chi connectivity index (χ0n) is 9.39. The number of likely N-dealkylation sites (N-methyl/N-ethyl adjacent to an activating group) is 1. The molecule has 0 saturated carbocycles. The van der Waals surface area contributed by atoms with Crippen molar-refractivity contribution in [2.75, 3.05) is 13.6 Å². The number of hydrogen-bond acceptors (Lipinski definition) is 3. The topological polar surface area (TPSA) is 76.6 Å². The fraction of sp³-hybridized carbons (Fsp3) is 0.545. The molecule has 3 N–H and O–H groups in total. The van der Waals surface area contributed by atoms with Crippen molar-refractivity contribution in [1.29, 1.82) is 0 Å². The molecular weight excluding hydrogens is 208 g/mol. The van der Waals surface area contributed by atoms with E-state index in [4.69, 9.17) is 5.11 Å². The van der Waals surface area contributed by atoms with Crippen molar-refractivity contribution in [3.63, 3.8) is 0 Å². The molecule has 1 heterocycles. The summed E-state index contributed by atoms with van der Waals surface area (Å²) in [7, 11) is 1.90. The number of carbonyl (C=O) groups is 1. The van der Waals surface area contributed by atoms with Crippen LogP contribution in [0.15, 0.2) is 18.5 Å². The van der Waals surface area contributed by atoms with Gasteiger partial charge in [0.25, 0.3) is 0 Å². The Labute approximate surface area is 94.7 Å². The minimum Gasteiger partial charge on any atom is -0.481 e. The quantitative estimate of drug-likeness (QED) is 0.638. The van der Waals surface area contributed by atoms with Crippen LogP contribution in [0.2, 0.25) is 0 Å². The summed E-state index contributed by atoms with van der Waals surface area (Å²) in [5, 5.41) is 18.1. The van der Waals surface area contributed by atoms with E-state index in [0.717, 1.165) is 12.1 Å². The first-order chi connectivity index (χ1) is 7.58. The number of nitrogens with one attached hydrogen (secondary N) is 1. The van der Waals surface area contributed by atoms with Crippen molar-refractivity contribution >= 4 is 5.97 Å². The highest BCUT2D eigenvalue weighted by atomic mass is 16.4. The lowest BCUT2D eigenvalue weighted by Gasteiger charge is -2.19. The van der Waals surface area contributed by atoms with Gasteiger partial charge in [-0.15, -0.1) is 0 Å². The normalized spacial score (nSPS) is 12.9. The fourth-order valence-corrected chi connectivity index (χ4v) is 1.57. The minimum absolute atomic E-state index is 0.0131. The van der Waals surface area contributed by atoms with Gasteiger partial charge in [-0.25, -0.2) is 0 Å². The number of carboxylic acid groups (broad SMARTS) is 1. The number of H-pyrrole nitrogens is 1. The zero-order chi connectivity index (χ0) is 12.0. The van der Waals surface area contributed by atoms with Crippen molar-refractivity contribution in [2.24, 2.45) is 0 Å². The number of aliphatic hydroxyl groups excluding tert-OH is 1. The summed E-state index contributed by atoms with van der Waals surface area (Å²) in [5.74, 6) is -0.868. The maximum atomic E-state index is 10.3. The van der Waals surface area contributed by atoms with E-state index in [1.165, 1.54) is 0 Å². The molecule has 1 rings (SSSR count). The number of carboxylic acids is 1. The smallest absolute Gasteiger partial charge is 0.303 e. The predicted molar refractivity (Wildman–Crippen MR) is 60.0 cm³/mol. The molecule has 5 heteroatoms. The van der Waals surface area contributed by atoms with Gasteiger partial charge in [-0.05, 0) is 25.1 Å². The Bertz CT molecular complexity index is 311. The van der Waals surface area contributed by atoms with Crippen LogP contribution in [-0.2, 0) is 11.3 Å². The van der Waals surface area contributed by atoms with Gasteiger partial charge in [-0.2, -0.15) is 0 Å². The molecule has 0 radical (unpaired) electrons. The first kappa shape index (κ1) is 12.7. The highest BCUT2D eigenvalue weighted by molar-refractivity contribution is 5.66. The standard InChI is InChI=1S/C11H18N2O3/c1-13(7-9-4-5-12-6-9)8-10(14)2-3-11(15)16/h4-6,10,12,14H,2-3,7-8H2,1H3,(H,15,16). The molecule has 90 valence electrons. The Morgan fingerprint density at radius 3 is 2.94 bits per heavy atom. The number of aromatic nitrogens is 1. The molecule has 0 aliphatic rings. The summed E-state index contributed by atoms with van der Waals surface area (Å²) in [6.07, 6.45) is 3.48. The SMILES string of the molecule is CN(Cc1cc[nH]c1)CC(O)CCC(=O)O. The summed E-state index contributed by atoms with van der Waals surface area (Å²) in [4.78, 5) is 15.2. The minimum atomic E-state index is -0.868. The average molecular weight is 226 g/mol. The molecule has 0 aliphatic carbocycles. The summed E-state index contributed by atoms with van der Waals surface area (Å²) in [6, 6.07) is 1.97. The second kappa shape index (κ2) is 6.30. The number of aliphatic hydroxyl groups is 1. The molecule has 0 aliphatic heterocycles. The molecule has 1 atom stereocenters.